The Morgan fingerprint density at radius 2 is 1.90 bits per heavy atom. The number of unbranched alkanes of at least 4 members (excludes halogenated alkanes) is 1. The molecule has 0 aromatic rings. The zero-order valence-electron chi connectivity index (χ0n) is 13.7. The molecule has 3 N–H and O–H groups in total. The Balaban J connectivity index is 1.94. The van der Waals surface area contributed by atoms with Gasteiger partial charge in [0.25, 0.3) is 0 Å². The molecule has 2 atom stereocenters. The molecule has 1 saturated heterocycles. The topological polar surface area (TPSA) is 41.3 Å². The lowest BCUT2D eigenvalue weighted by Crippen LogP contribution is -2.31. The van der Waals surface area contributed by atoms with Crippen LogP contribution in [0.15, 0.2) is 35.9 Å². The van der Waals surface area contributed by atoms with E-state index in [1.165, 1.54) is 19.3 Å². The van der Waals surface area contributed by atoms with Crippen molar-refractivity contribution >= 4 is 0 Å². The third-order valence-electron chi connectivity index (χ3n) is 4.76. The molecule has 0 amide bonds. The molecule has 0 spiro atoms. The van der Waals surface area contributed by atoms with Crippen LogP contribution in [0.1, 0.15) is 52.4 Å². The van der Waals surface area contributed by atoms with Gasteiger partial charge in [0.1, 0.15) is 0 Å². The van der Waals surface area contributed by atoms with Crippen molar-refractivity contribution in [2.45, 2.75) is 52.4 Å². The average Bonchev–Trinajstić information content (AvgIpc) is 3.05. The van der Waals surface area contributed by atoms with Crippen molar-refractivity contribution in [2.24, 2.45) is 17.6 Å². The molecule has 3 nitrogen and oxygen atoms in total. The van der Waals surface area contributed by atoms with E-state index < -0.39 is 0 Å². The van der Waals surface area contributed by atoms with Crippen LogP contribution in [0.5, 0.6) is 0 Å². The van der Waals surface area contributed by atoms with Gasteiger partial charge < -0.3 is 16.0 Å². The fraction of sp³-hybridized carbons (Fsp3) is 0.667. The second-order valence-corrected chi connectivity index (χ2v) is 6.40. The molecular formula is C18H31N3. The first kappa shape index (κ1) is 16.0. The van der Waals surface area contributed by atoms with Crippen LogP contribution in [-0.2, 0) is 0 Å². The minimum atomic E-state index is 0.847. The Hall–Kier alpha value is -1.38. The Bertz CT molecular complexity index is 410. The predicted octanol–water partition coefficient (Wildman–Crippen LogP) is 3.72. The fourth-order valence-corrected chi connectivity index (χ4v) is 3.54. The zero-order chi connectivity index (χ0) is 15.2. The van der Waals surface area contributed by atoms with E-state index in [2.05, 4.69) is 42.8 Å². The van der Waals surface area contributed by atoms with Crippen LogP contribution < -0.4 is 11.1 Å². The van der Waals surface area contributed by atoms with E-state index in [-0.39, 0.29) is 0 Å². The molecule has 1 aliphatic heterocycles. The van der Waals surface area contributed by atoms with Gasteiger partial charge in [-0.05, 0) is 37.5 Å². The van der Waals surface area contributed by atoms with Gasteiger partial charge in [-0.25, -0.2) is 0 Å². The van der Waals surface area contributed by atoms with Crippen LogP contribution in [0, 0.1) is 11.8 Å². The minimum Gasteiger partial charge on any atom is -0.397 e. The monoisotopic (exact) mass is 289 g/mol. The minimum absolute atomic E-state index is 0.847. The average molecular weight is 289 g/mol. The van der Waals surface area contributed by atoms with Crippen LogP contribution >= 0.6 is 0 Å². The van der Waals surface area contributed by atoms with Crippen LogP contribution in [0.4, 0.5) is 0 Å². The third-order valence-corrected chi connectivity index (χ3v) is 4.76. The standard InChI is InChI=1S/C18H31N3/c1-4-6-11-17(19)18(8-5-2)20-14(3)21-12-15-9-7-10-16(15)13-21/h8,11,15-16,20H,3-7,9-10,12-13,19H2,1-2H3/b17-11+,18-8-. The van der Waals surface area contributed by atoms with E-state index in [1.807, 2.05) is 0 Å². The highest BCUT2D eigenvalue weighted by molar-refractivity contribution is 5.29. The summed E-state index contributed by atoms with van der Waals surface area (Å²) < 4.78 is 0. The molecule has 3 heteroatoms. The molecule has 0 aromatic heterocycles. The summed E-state index contributed by atoms with van der Waals surface area (Å²) in [6.07, 6.45) is 11.6. The van der Waals surface area contributed by atoms with Crippen molar-refractivity contribution in [2.75, 3.05) is 13.1 Å². The lowest BCUT2D eigenvalue weighted by atomic mass is 10.0. The Labute approximate surface area is 130 Å². The van der Waals surface area contributed by atoms with Crippen molar-refractivity contribution in [3.63, 3.8) is 0 Å². The number of fused-ring (bicyclic) bond motifs is 1. The molecule has 0 bridgehead atoms. The van der Waals surface area contributed by atoms with Gasteiger partial charge in [0, 0.05) is 13.1 Å². The largest absolute Gasteiger partial charge is 0.397 e. The fourth-order valence-electron chi connectivity index (χ4n) is 3.54. The molecule has 1 heterocycles. The van der Waals surface area contributed by atoms with Gasteiger partial charge in [0.05, 0.1) is 17.2 Å². The summed E-state index contributed by atoms with van der Waals surface area (Å²) in [5.74, 6) is 2.78. The van der Waals surface area contributed by atoms with Crippen LogP contribution in [0.3, 0.4) is 0 Å². The zero-order valence-corrected chi connectivity index (χ0v) is 13.7. The molecule has 2 fully saturated rings. The van der Waals surface area contributed by atoms with Crippen LogP contribution in [0.2, 0.25) is 0 Å². The highest BCUT2D eigenvalue weighted by Gasteiger charge is 2.36. The number of rotatable bonds is 7. The first-order valence-electron chi connectivity index (χ1n) is 8.52. The highest BCUT2D eigenvalue weighted by Crippen LogP contribution is 2.38. The molecule has 0 aromatic carbocycles. The van der Waals surface area contributed by atoms with Gasteiger partial charge in [0.2, 0.25) is 0 Å². The number of hydrogen-bond acceptors (Lipinski definition) is 3. The van der Waals surface area contributed by atoms with E-state index in [1.54, 1.807) is 0 Å². The summed E-state index contributed by atoms with van der Waals surface area (Å²) in [4.78, 5) is 2.41. The van der Waals surface area contributed by atoms with Crippen molar-refractivity contribution in [3.8, 4) is 0 Å². The molecule has 2 aliphatic rings. The molecule has 0 radical (unpaired) electrons. The van der Waals surface area contributed by atoms with E-state index in [0.717, 1.165) is 61.4 Å². The molecule has 2 rings (SSSR count). The Morgan fingerprint density at radius 3 is 2.48 bits per heavy atom. The van der Waals surface area contributed by atoms with Crippen LogP contribution in [-0.4, -0.2) is 18.0 Å². The van der Waals surface area contributed by atoms with E-state index in [0.29, 0.717) is 0 Å². The normalized spacial score (nSPS) is 26.1. The summed E-state index contributed by atoms with van der Waals surface area (Å²) in [6, 6.07) is 0. The quantitative estimate of drug-likeness (QED) is 0.702. The maximum atomic E-state index is 6.20. The van der Waals surface area contributed by atoms with Gasteiger partial charge >= 0.3 is 0 Å². The predicted molar refractivity (Wildman–Crippen MR) is 90.2 cm³/mol. The summed E-state index contributed by atoms with van der Waals surface area (Å²) in [5, 5.41) is 3.46. The molecule has 118 valence electrons. The molecular weight excluding hydrogens is 258 g/mol. The lowest BCUT2D eigenvalue weighted by Gasteiger charge is -2.24. The number of allylic oxidation sites excluding steroid dienone is 2. The van der Waals surface area contributed by atoms with Crippen molar-refractivity contribution in [3.05, 3.63) is 35.9 Å². The number of nitrogens with zero attached hydrogens (tertiary/aromatic N) is 1. The van der Waals surface area contributed by atoms with Gasteiger partial charge in [-0.3, -0.25) is 0 Å². The molecule has 2 unspecified atom stereocenters. The van der Waals surface area contributed by atoms with Gasteiger partial charge in [0.15, 0.2) is 0 Å². The van der Waals surface area contributed by atoms with E-state index in [9.17, 15) is 0 Å². The van der Waals surface area contributed by atoms with Gasteiger partial charge in [-0.15, -0.1) is 0 Å². The lowest BCUT2D eigenvalue weighted by molar-refractivity contribution is 0.369. The maximum Gasteiger partial charge on any atom is 0.0984 e. The second-order valence-electron chi connectivity index (χ2n) is 6.40. The number of nitrogens with two attached hydrogens (primary N) is 1. The number of hydrogen-bond donors (Lipinski definition) is 2. The van der Waals surface area contributed by atoms with Gasteiger partial charge in [-0.2, -0.15) is 0 Å². The van der Waals surface area contributed by atoms with Crippen molar-refractivity contribution in [1.29, 1.82) is 0 Å². The second kappa shape index (κ2) is 7.58. The van der Waals surface area contributed by atoms with Gasteiger partial charge in [-0.1, -0.05) is 45.4 Å². The summed E-state index contributed by atoms with van der Waals surface area (Å²) in [6.45, 7) is 10.9. The molecule has 21 heavy (non-hydrogen) atoms. The Kier molecular flexibility index (Phi) is 5.77. The van der Waals surface area contributed by atoms with E-state index >= 15 is 0 Å². The SMILES string of the molecule is C=C(NC(=C\CC)/C(N)=C\CCC)N1CC2CCCC2C1. The maximum absolute atomic E-state index is 6.20. The first-order chi connectivity index (χ1) is 10.2. The highest BCUT2D eigenvalue weighted by atomic mass is 15.3. The number of nitrogens with one attached hydrogen (secondary N) is 1. The van der Waals surface area contributed by atoms with Crippen molar-refractivity contribution < 1.29 is 0 Å². The van der Waals surface area contributed by atoms with Crippen molar-refractivity contribution in [1.82, 2.24) is 10.2 Å². The molecule has 1 aliphatic carbocycles. The smallest absolute Gasteiger partial charge is 0.0984 e. The first-order valence-corrected chi connectivity index (χ1v) is 8.52. The van der Waals surface area contributed by atoms with E-state index in [4.69, 9.17) is 5.73 Å². The summed E-state index contributed by atoms with van der Waals surface area (Å²) in [7, 11) is 0. The number of likely N-dealkylation sites (tertiary alicyclic amines) is 1. The summed E-state index contributed by atoms with van der Waals surface area (Å²) in [5.41, 5.74) is 8.07. The Morgan fingerprint density at radius 1 is 1.24 bits per heavy atom. The van der Waals surface area contributed by atoms with Crippen LogP contribution in [0.25, 0.3) is 0 Å². The molecule has 1 saturated carbocycles. The summed E-state index contributed by atoms with van der Waals surface area (Å²) >= 11 is 0. The third kappa shape index (κ3) is 4.05.